The first-order chi connectivity index (χ1) is 19.7. The highest BCUT2D eigenvalue weighted by Gasteiger charge is 2.34. The van der Waals surface area contributed by atoms with Crippen LogP contribution in [0.15, 0.2) is 41.1 Å². The summed E-state index contributed by atoms with van der Waals surface area (Å²) < 4.78 is 41.9. The number of benzene rings is 1. The quantitative estimate of drug-likeness (QED) is 0.277. The smallest absolute Gasteiger partial charge is 0.433 e. The van der Waals surface area contributed by atoms with Gasteiger partial charge in [0.15, 0.2) is 11.6 Å². The number of carbonyl (C=O) groups is 3. The van der Waals surface area contributed by atoms with E-state index in [2.05, 4.69) is 26.6 Å². The number of rotatable bonds is 6. The van der Waals surface area contributed by atoms with Crippen LogP contribution in [0.3, 0.4) is 0 Å². The predicted molar refractivity (Wildman–Crippen MR) is 132 cm³/mol. The fourth-order valence-corrected chi connectivity index (χ4v) is 4.29. The van der Waals surface area contributed by atoms with E-state index in [-0.39, 0.29) is 50.6 Å². The van der Waals surface area contributed by atoms with Gasteiger partial charge in [-0.05, 0) is 6.07 Å². The van der Waals surface area contributed by atoms with E-state index in [4.69, 9.17) is 9.15 Å². The molecule has 0 saturated carbocycles. The van der Waals surface area contributed by atoms with Crippen LogP contribution in [0.1, 0.15) is 10.6 Å². The van der Waals surface area contributed by atoms with Gasteiger partial charge in [-0.15, -0.1) is 5.10 Å². The summed E-state index contributed by atoms with van der Waals surface area (Å²) in [6, 6.07) is 3.33. The third kappa shape index (κ3) is 5.98. The summed E-state index contributed by atoms with van der Waals surface area (Å²) in [5, 5.41) is 19.3. The fraction of sp³-hybridized carbons (Fsp3) is 0.318. The lowest BCUT2D eigenvalue weighted by Crippen LogP contribution is -2.54. The number of halogens is 2. The molecule has 2 aliphatic rings. The number of nitrogens with zero attached hydrogens (tertiary/aromatic N) is 7. The van der Waals surface area contributed by atoms with Gasteiger partial charge in [-0.2, -0.15) is 0 Å². The molecule has 3 N–H and O–H groups in total. The summed E-state index contributed by atoms with van der Waals surface area (Å²) in [5.74, 6) is -3.79. The summed E-state index contributed by atoms with van der Waals surface area (Å²) in [7, 11) is 0. The predicted octanol–water partition coefficient (Wildman–Crippen LogP) is 0.764. The average molecular weight is 576 g/mol. The molecule has 4 amide bonds. The van der Waals surface area contributed by atoms with Crippen LogP contribution in [-0.4, -0.2) is 81.8 Å². The number of aromatic nitrogens is 3. The topological polar surface area (TPSA) is 193 Å². The molecule has 0 bridgehead atoms. The Kier molecular flexibility index (Phi) is 7.59. The van der Waals surface area contributed by atoms with Gasteiger partial charge >= 0.3 is 23.9 Å². The lowest BCUT2D eigenvalue weighted by Gasteiger charge is -2.25. The molecule has 19 heteroatoms. The van der Waals surface area contributed by atoms with Crippen molar-refractivity contribution in [1.29, 1.82) is 0 Å². The normalized spacial score (nSPS) is 17.3. The first-order valence-corrected chi connectivity index (χ1v) is 12.1. The summed E-state index contributed by atoms with van der Waals surface area (Å²) >= 11 is 0. The zero-order valence-corrected chi connectivity index (χ0v) is 21.0. The summed E-state index contributed by atoms with van der Waals surface area (Å²) in [5.41, 5.74) is 6.61. The minimum absolute atomic E-state index is 0.0116. The molecule has 2 aromatic heterocycles. The molecule has 1 atom stereocenters. The van der Waals surface area contributed by atoms with Crippen LogP contribution in [0.5, 0.6) is 0 Å². The van der Waals surface area contributed by atoms with Crippen molar-refractivity contribution in [2.75, 3.05) is 42.5 Å². The molecule has 2 saturated heterocycles. The van der Waals surface area contributed by atoms with Gasteiger partial charge in [0.2, 0.25) is 5.76 Å². The monoisotopic (exact) mass is 576 g/mol. The number of hydrogen-bond acceptors (Lipinski definition) is 11. The molecule has 17 nitrogen and oxygen atoms in total. The third-order valence-corrected chi connectivity index (χ3v) is 6.17. The van der Waals surface area contributed by atoms with E-state index in [1.54, 1.807) is 6.20 Å². The van der Waals surface area contributed by atoms with Gasteiger partial charge in [0.1, 0.15) is 16.7 Å². The highest BCUT2D eigenvalue weighted by Crippen LogP contribution is 2.31. The Morgan fingerprint density at radius 1 is 1.17 bits per heavy atom. The molecule has 2 aliphatic heterocycles. The van der Waals surface area contributed by atoms with Crippen molar-refractivity contribution in [1.82, 2.24) is 36.3 Å². The molecule has 0 unspecified atom stereocenters. The molecule has 2 fully saturated rings. The Morgan fingerprint density at radius 2 is 1.95 bits per heavy atom. The second-order valence-corrected chi connectivity index (χ2v) is 8.83. The van der Waals surface area contributed by atoms with Crippen LogP contribution in [0.4, 0.5) is 35.6 Å². The Bertz CT molecular complexity index is 1440. The van der Waals surface area contributed by atoms with Crippen molar-refractivity contribution in [3.8, 4) is 0 Å². The standard InChI is InChI=1S/C22H22F2N10O7/c23-15-9-13(32-12-14(40-22(32)37)11-31-6-3-25-29-31)10-16(24)19(15)30-5-4-26-33(8-7-30)21(36)28-27-20(35)17-1-2-18(41-17)34(38)39/h1-3,6,9-10,14,26H,4-5,7-8,11-12H2,(H,27,35)(H,28,36)/t14-/m0/s1. The number of nitro groups is 1. The molecule has 0 spiro atoms. The number of carbonyl (C=O) groups excluding carboxylic acids is 3. The van der Waals surface area contributed by atoms with Gasteiger partial charge in [-0.3, -0.25) is 30.2 Å². The summed E-state index contributed by atoms with van der Waals surface area (Å²) in [4.78, 5) is 49.3. The van der Waals surface area contributed by atoms with Gasteiger partial charge in [-0.25, -0.2) is 33.9 Å². The Morgan fingerprint density at radius 3 is 2.63 bits per heavy atom. The van der Waals surface area contributed by atoms with Crippen LogP contribution in [0.25, 0.3) is 0 Å². The fourth-order valence-electron chi connectivity index (χ4n) is 4.29. The van der Waals surface area contributed by atoms with E-state index >= 15 is 8.78 Å². The van der Waals surface area contributed by atoms with Crippen molar-refractivity contribution in [3.63, 3.8) is 0 Å². The minimum atomic E-state index is -0.932. The highest BCUT2D eigenvalue weighted by molar-refractivity contribution is 5.93. The first kappa shape index (κ1) is 27.2. The Balaban J connectivity index is 1.18. The molecule has 1 aromatic carbocycles. The minimum Gasteiger partial charge on any atom is -0.442 e. The number of amides is 4. The van der Waals surface area contributed by atoms with Crippen LogP contribution in [0, 0.1) is 21.7 Å². The number of anilines is 2. The molecular formula is C22H22F2N10O7. The van der Waals surface area contributed by atoms with E-state index < -0.39 is 52.3 Å². The summed E-state index contributed by atoms with van der Waals surface area (Å²) in [6.07, 6.45) is 1.73. The number of furan rings is 1. The lowest BCUT2D eigenvalue weighted by molar-refractivity contribution is -0.402. The number of urea groups is 1. The maximum absolute atomic E-state index is 15.2. The van der Waals surface area contributed by atoms with Crippen molar-refractivity contribution in [2.24, 2.45) is 0 Å². The van der Waals surface area contributed by atoms with Crippen molar-refractivity contribution >= 4 is 35.3 Å². The number of hydrogen-bond donors (Lipinski definition) is 3. The van der Waals surface area contributed by atoms with Crippen molar-refractivity contribution in [3.05, 3.63) is 64.2 Å². The first-order valence-electron chi connectivity index (χ1n) is 12.1. The van der Waals surface area contributed by atoms with Crippen molar-refractivity contribution in [2.45, 2.75) is 12.6 Å². The second kappa shape index (κ2) is 11.4. The number of nitrogens with one attached hydrogen (secondary N) is 3. The van der Waals surface area contributed by atoms with E-state index in [9.17, 15) is 24.5 Å². The van der Waals surface area contributed by atoms with Crippen molar-refractivity contribution < 1.29 is 37.2 Å². The molecule has 3 aromatic rings. The SMILES string of the molecule is O=C(NNC(=O)N1CCN(c2c(F)cc(N3C[C@H](Cn4ccnn4)OC3=O)cc2F)CCN1)c1ccc([N+](=O)[O-])o1. The van der Waals surface area contributed by atoms with E-state index in [0.29, 0.717) is 0 Å². The lowest BCUT2D eigenvalue weighted by atomic mass is 10.2. The van der Waals surface area contributed by atoms with Gasteiger partial charge in [0.25, 0.3) is 0 Å². The zero-order chi connectivity index (χ0) is 29.1. The van der Waals surface area contributed by atoms with Crippen LogP contribution >= 0.6 is 0 Å². The zero-order valence-electron chi connectivity index (χ0n) is 21.0. The third-order valence-electron chi connectivity index (χ3n) is 6.17. The van der Waals surface area contributed by atoms with Gasteiger partial charge in [-0.1, -0.05) is 5.21 Å². The molecule has 4 heterocycles. The molecule has 0 aliphatic carbocycles. The molecule has 5 rings (SSSR count). The molecule has 41 heavy (non-hydrogen) atoms. The van der Waals surface area contributed by atoms with E-state index in [1.165, 1.54) is 15.8 Å². The molecular weight excluding hydrogens is 554 g/mol. The van der Waals surface area contributed by atoms with Crippen LogP contribution in [0.2, 0.25) is 0 Å². The van der Waals surface area contributed by atoms with Gasteiger partial charge in [0.05, 0.1) is 37.6 Å². The number of cyclic esters (lactones) is 1. The summed E-state index contributed by atoms with van der Waals surface area (Å²) in [6.45, 7) is 0.474. The van der Waals surface area contributed by atoms with E-state index in [0.717, 1.165) is 34.2 Å². The van der Waals surface area contributed by atoms with Crippen LogP contribution < -0.4 is 26.1 Å². The maximum Gasteiger partial charge on any atom is 0.433 e. The largest absolute Gasteiger partial charge is 0.442 e. The molecule has 0 radical (unpaired) electrons. The Labute approximate surface area is 228 Å². The molecule has 216 valence electrons. The van der Waals surface area contributed by atoms with Crippen LogP contribution in [-0.2, 0) is 11.3 Å². The van der Waals surface area contributed by atoms with Gasteiger partial charge in [0, 0.05) is 38.0 Å². The average Bonchev–Trinajstić information content (AvgIpc) is 3.67. The van der Waals surface area contributed by atoms with E-state index in [1.807, 2.05) is 0 Å². The Hall–Kier alpha value is -5.33. The number of ether oxygens (including phenoxy) is 1. The number of hydrazine groups is 2. The second-order valence-electron chi connectivity index (χ2n) is 8.83. The maximum atomic E-state index is 15.2. The highest BCUT2D eigenvalue weighted by atomic mass is 19.1. The van der Waals surface area contributed by atoms with Gasteiger partial charge < -0.3 is 14.1 Å².